The molecule has 0 fully saturated rings. The Balaban J connectivity index is 2.34. The number of nitrogens with zero attached hydrogens (tertiary/aromatic N) is 1. The molecular formula is C13H11BrN2OS. The lowest BCUT2D eigenvalue weighted by molar-refractivity contribution is 0.479. The molecule has 0 unspecified atom stereocenters. The van der Waals surface area contributed by atoms with E-state index in [4.69, 9.17) is 22.7 Å². The molecule has 18 heavy (non-hydrogen) atoms. The number of nitrogens with two attached hydrogens (primary N) is 1. The normalized spacial score (nSPS) is 10.1. The predicted molar refractivity (Wildman–Crippen MR) is 79.1 cm³/mol. The number of aromatic nitrogens is 1. The van der Waals surface area contributed by atoms with Crippen LogP contribution in [-0.4, -0.2) is 9.97 Å². The molecule has 0 bridgehead atoms. The number of thiocarbonyl (C=S) groups is 1. The Bertz CT molecular complexity index is 601. The number of aryl methyl sites for hydroxylation is 1. The topological polar surface area (TPSA) is 48.1 Å². The van der Waals surface area contributed by atoms with Crippen LogP contribution in [0, 0.1) is 6.92 Å². The highest BCUT2D eigenvalue weighted by atomic mass is 79.9. The summed E-state index contributed by atoms with van der Waals surface area (Å²) in [5, 5.41) is 0. The fourth-order valence-electron chi connectivity index (χ4n) is 1.47. The zero-order chi connectivity index (χ0) is 13.1. The first-order valence-corrected chi connectivity index (χ1v) is 6.46. The van der Waals surface area contributed by atoms with E-state index in [1.54, 1.807) is 18.5 Å². The van der Waals surface area contributed by atoms with Gasteiger partial charge in [0, 0.05) is 10.7 Å². The Morgan fingerprint density at radius 2 is 2.17 bits per heavy atom. The molecule has 2 rings (SSSR count). The third-order valence-corrected chi connectivity index (χ3v) is 3.52. The van der Waals surface area contributed by atoms with Gasteiger partial charge in [-0.25, -0.2) is 0 Å². The Labute approximate surface area is 119 Å². The van der Waals surface area contributed by atoms with E-state index in [1.165, 1.54) is 0 Å². The minimum absolute atomic E-state index is 0.293. The molecule has 0 amide bonds. The van der Waals surface area contributed by atoms with Crippen LogP contribution in [0.15, 0.2) is 41.1 Å². The van der Waals surface area contributed by atoms with Crippen molar-refractivity contribution in [2.75, 3.05) is 0 Å². The van der Waals surface area contributed by atoms with Crippen molar-refractivity contribution in [3.63, 3.8) is 0 Å². The van der Waals surface area contributed by atoms with Crippen LogP contribution in [0.1, 0.15) is 11.1 Å². The highest BCUT2D eigenvalue weighted by Gasteiger charge is 2.08. The van der Waals surface area contributed by atoms with E-state index in [-0.39, 0.29) is 0 Å². The highest BCUT2D eigenvalue weighted by molar-refractivity contribution is 9.10. The molecule has 0 saturated carbocycles. The lowest BCUT2D eigenvalue weighted by Crippen LogP contribution is -2.10. The molecule has 0 aliphatic heterocycles. The van der Waals surface area contributed by atoms with E-state index in [9.17, 15) is 0 Å². The average molecular weight is 323 g/mol. The van der Waals surface area contributed by atoms with Gasteiger partial charge in [0.1, 0.15) is 10.7 Å². The molecule has 0 aliphatic carbocycles. The van der Waals surface area contributed by atoms with Crippen molar-refractivity contribution in [1.82, 2.24) is 4.98 Å². The molecule has 92 valence electrons. The van der Waals surface area contributed by atoms with Gasteiger partial charge in [-0.05, 0) is 36.8 Å². The van der Waals surface area contributed by atoms with Gasteiger partial charge in [0.05, 0.1) is 11.8 Å². The van der Waals surface area contributed by atoms with Crippen molar-refractivity contribution >= 4 is 33.1 Å². The summed E-state index contributed by atoms with van der Waals surface area (Å²) in [6.45, 7) is 1.99. The van der Waals surface area contributed by atoms with Crippen molar-refractivity contribution in [3.05, 3.63) is 52.3 Å². The van der Waals surface area contributed by atoms with E-state index in [0.29, 0.717) is 16.3 Å². The van der Waals surface area contributed by atoms with Crippen LogP contribution >= 0.6 is 28.1 Å². The van der Waals surface area contributed by atoms with E-state index < -0.39 is 0 Å². The Morgan fingerprint density at radius 3 is 2.83 bits per heavy atom. The first kappa shape index (κ1) is 13.0. The zero-order valence-electron chi connectivity index (χ0n) is 9.68. The quantitative estimate of drug-likeness (QED) is 0.877. The van der Waals surface area contributed by atoms with Gasteiger partial charge in [0.25, 0.3) is 0 Å². The van der Waals surface area contributed by atoms with Crippen LogP contribution in [0.2, 0.25) is 0 Å². The molecule has 0 atom stereocenters. The molecule has 2 aromatic rings. The first-order valence-electron chi connectivity index (χ1n) is 5.26. The number of pyridine rings is 1. The van der Waals surface area contributed by atoms with Crippen molar-refractivity contribution in [1.29, 1.82) is 0 Å². The maximum absolute atomic E-state index is 5.76. The summed E-state index contributed by atoms with van der Waals surface area (Å²) in [7, 11) is 0. The largest absolute Gasteiger partial charge is 0.455 e. The molecule has 1 aromatic carbocycles. The molecule has 0 spiro atoms. The second kappa shape index (κ2) is 5.46. The van der Waals surface area contributed by atoms with Crippen LogP contribution in [-0.2, 0) is 0 Å². The third kappa shape index (κ3) is 2.86. The summed E-state index contributed by atoms with van der Waals surface area (Å²) in [5.41, 5.74) is 7.41. The molecule has 2 N–H and O–H groups in total. The van der Waals surface area contributed by atoms with Crippen LogP contribution in [0.5, 0.6) is 11.5 Å². The summed E-state index contributed by atoms with van der Waals surface area (Å²) < 4.78 is 6.79. The Kier molecular flexibility index (Phi) is 3.93. The van der Waals surface area contributed by atoms with Gasteiger partial charge in [-0.1, -0.05) is 28.1 Å². The van der Waals surface area contributed by atoms with Gasteiger partial charge in [-0.15, -0.1) is 0 Å². The first-order chi connectivity index (χ1) is 8.58. The fourth-order valence-corrected chi connectivity index (χ4v) is 1.89. The van der Waals surface area contributed by atoms with Gasteiger partial charge in [0.15, 0.2) is 5.75 Å². The minimum Gasteiger partial charge on any atom is -0.455 e. The second-order valence-electron chi connectivity index (χ2n) is 3.75. The minimum atomic E-state index is 0.293. The van der Waals surface area contributed by atoms with E-state index in [0.717, 1.165) is 15.8 Å². The molecular weight excluding hydrogens is 312 g/mol. The third-order valence-electron chi connectivity index (χ3n) is 2.41. The highest BCUT2D eigenvalue weighted by Crippen LogP contribution is 2.27. The van der Waals surface area contributed by atoms with Crippen molar-refractivity contribution in [2.24, 2.45) is 5.73 Å². The Hall–Kier alpha value is -1.46. The molecule has 1 heterocycles. The van der Waals surface area contributed by atoms with E-state index >= 15 is 0 Å². The fraction of sp³-hybridized carbons (Fsp3) is 0.0769. The van der Waals surface area contributed by atoms with Crippen molar-refractivity contribution in [2.45, 2.75) is 6.92 Å². The number of ether oxygens (including phenoxy) is 1. The van der Waals surface area contributed by atoms with Gasteiger partial charge < -0.3 is 10.5 Å². The van der Waals surface area contributed by atoms with E-state index in [1.807, 2.05) is 25.1 Å². The molecule has 5 heteroatoms. The number of benzene rings is 1. The smallest absolute Gasteiger partial charge is 0.155 e. The van der Waals surface area contributed by atoms with Crippen molar-refractivity contribution < 1.29 is 4.74 Å². The Morgan fingerprint density at radius 1 is 1.39 bits per heavy atom. The summed E-state index contributed by atoms with van der Waals surface area (Å²) in [6.07, 6.45) is 3.24. The molecule has 1 aromatic heterocycles. The van der Waals surface area contributed by atoms with Crippen molar-refractivity contribution in [3.8, 4) is 11.5 Å². The predicted octanol–water partition coefficient (Wildman–Crippen LogP) is 3.58. The summed E-state index contributed by atoms with van der Waals surface area (Å²) in [4.78, 5) is 4.31. The average Bonchev–Trinajstić information content (AvgIpc) is 2.34. The van der Waals surface area contributed by atoms with Gasteiger partial charge in [-0.2, -0.15) is 0 Å². The number of hydrogen-bond donors (Lipinski definition) is 1. The molecule has 3 nitrogen and oxygen atoms in total. The monoisotopic (exact) mass is 322 g/mol. The molecule has 0 aliphatic rings. The van der Waals surface area contributed by atoms with Gasteiger partial charge in [-0.3, -0.25) is 4.98 Å². The standard InChI is InChI=1S/C13H11BrN2OS/c1-8-6-9(2-3-11(8)14)17-12-7-16-5-4-10(12)13(15)18/h2-7H,1H3,(H2,15,18). The van der Waals surface area contributed by atoms with Crippen LogP contribution in [0.3, 0.4) is 0 Å². The second-order valence-corrected chi connectivity index (χ2v) is 5.04. The summed E-state index contributed by atoms with van der Waals surface area (Å²) in [5.74, 6) is 1.29. The van der Waals surface area contributed by atoms with Crippen LogP contribution < -0.4 is 10.5 Å². The maximum Gasteiger partial charge on any atom is 0.155 e. The number of rotatable bonds is 3. The zero-order valence-corrected chi connectivity index (χ0v) is 12.1. The SMILES string of the molecule is Cc1cc(Oc2cnccc2C(N)=S)ccc1Br. The van der Waals surface area contributed by atoms with E-state index in [2.05, 4.69) is 20.9 Å². The maximum atomic E-state index is 5.76. The molecule has 0 saturated heterocycles. The van der Waals surface area contributed by atoms with Crippen LogP contribution in [0.4, 0.5) is 0 Å². The lowest BCUT2D eigenvalue weighted by atomic mass is 10.2. The van der Waals surface area contributed by atoms with Crippen LogP contribution in [0.25, 0.3) is 0 Å². The summed E-state index contributed by atoms with van der Waals surface area (Å²) >= 11 is 8.42. The molecule has 0 radical (unpaired) electrons. The number of halogens is 1. The summed E-state index contributed by atoms with van der Waals surface area (Å²) in [6, 6.07) is 7.47. The number of hydrogen-bond acceptors (Lipinski definition) is 3. The van der Waals surface area contributed by atoms with Gasteiger partial charge >= 0.3 is 0 Å². The van der Waals surface area contributed by atoms with Gasteiger partial charge in [0.2, 0.25) is 0 Å². The lowest BCUT2D eigenvalue weighted by Gasteiger charge is -2.10.